The number of rotatable bonds is 5. The number of hydrogen-bond acceptors (Lipinski definition) is 2. The van der Waals surface area contributed by atoms with Crippen LogP contribution in [0.5, 0.6) is 0 Å². The number of hydrogen-bond donors (Lipinski definition) is 1. The van der Waals surface area contributed by atoms with Crippen molar-refractivity contribution >= 4 is 0 Å². The molecule has 1 unspecified atom stereocenters. The number of benzene rings is 1. The van der Waals surface area contributed by atoms with Crippen molar-refractivity contribution in [1.82, 2.24) is 0 Å². The summed E-state index contributed by atoms with van der Waals surface area (Å²) < 4.78 is 5.53. The Bertz CT molecular complexity index is 246. The normalized spacial score (nSPS) is 15.1. The van der Waals surface area contributed by atoms with Gasteiger partial charge in [0.25, 0.3) is 0 Å². The third-order valence-corrected chi connectivity index (χ3v) is 2.32. The molecule has 14 heavy (non-hydrogen) atoms. The topological polar surface area (TPSA) is 29.5 Å². The minimum Gasteiger partial charge on any atom is -0.390 e. The van der Waals surface area contributed by atoms with E-state index in [4.69, 9.17) is 4.74 Å². The second-order valence-electron chi connectivity index (χ2n) is 3.48. The molecular formula is C12H18O2. The minimum absolute atomic E-state index is 0.0970. The van der Waals surface area contributed by atoms with Crippen molar-refractivity contribution in [3.05, 3.63) is 35.9 Å². The van der Waals surface area contributed by atoms with Gasteiger partial charge in [0.15, 0.2) is 0 Å². The van der Waals surface area contributed by atoms with E-state index in [9.17, 15) is 5.11 Å². The van der Waals surface area contributed by atoms with E-state index in [2.05, 4.69) is 0 Å². The second kappa shape index (κ2) is 5.78. The van der Waals surface area contributed by atoms with Crippen molar-refractivity contribution in [2.75, 3.05) is 0 Å². The SMILES string of the molecule is CCC(O)[C@@H](C)OCc1ccccc1. The summed E-state index contributed by atoms with van der Waals surface area (Å²) >= 11 is 0. The summed E-state index contributed by atoms with van der Waals surface area (Å²) in [6, 6.07) is 9.99. The van der Waals surface area contributed by atoms with E-state index >= 15 is 0 Å². The summed E-state index contributed by atoms with van der Waals surface area (Å²) in [5, 5.41) is 9.48. The van der Waals surface area contributed by atoms with Crippen molar-refractivity contribution in [3.8, 4) is 0 Å². The van der Waals surface area contributed by atoms with E-state index in [1.54, 1.807) is 0 Å². The molecule has 0 saturated heterocycles. The van der Waals surface area contributed by atoms with E-state index in [0.29, 0.717) is 6.61 Å². The predicted octanol–water partition coefficient (Wildman–Crippen LogP) is 2.36. The second-order valence-corrected chi connectivity index (χ2v) is 3.48. The van der Waals surface area contributed by atoms with Gasteiger partial charge < -0.3 is 9.84 Å². The summed E-state index contributed by atoms with van der Waals surface area (Å²) in [5.74, 6) is 0. The van der Waals surface area contributed by atoms with Crippen LogP contribution in [0.4, 0.5) is 0 Å². The zero-order chi connectivity index (χ0) is 10.4. The molecule has 0 heterocycles. The Kier molecular flexibility index (Phi) is 4.63. The first-order chi connectivity index (χ1) is 6.74. The highest BCUT2D eigenvalue weighted by Crippen LogP contribution is 2.07. The lowest BCUT2D eigenvalue weighted by atomic mass is 10.2. The minimum atomic E-state index is -0.362. The molecule has 1 rings (SSSR count). The van der Waals surface area contributed by atoms with Gasteiger partial charge in [-0.3, -0.25) is 0 Å². The lowest BCUT2D eigenvalue weighted by molar-refractivity contribution is -0.0360. The fourth-order valence-electron chi connectivity index (χ4n) is 1.24. The number of aliphatic hydroxyl groups excluding tert-OH is 1. The monoisotopic (exact) mass is 194 g/mol. The number of aliphatic hydroxyl groups is 1. The summed E-state index contributed by atoms with van der Waals surface area (Å²) in [5.41, 5.74) is 1.14. The quantitative estimate of drug-likeness (QED) is 0.779. The molecule has 78 valence electrons. The fourth-order valence-corrected chi connectivity index (χ4v) is 1.24. The summed E-state index contributed by atoms with van der Waals surface area (Å²) in [4.78, 5) is 0. The average molecular weight is 194 g/mol. The van der Waals surface area contributed by atoms with Gasteiger partial charge in [0.1, 0.15) is 0 Å². The highest BCUT2D eigenvalue weighted by molar-refractivity contribution is 5.13. The molecule has 2 nitrogen and oxygen atoms in total. The Balaban J connectivity index is 2.34. The highest BCUT2D eigenvalue weighted by Gasteiger charge is 2.11. The van der Waals surface area contributed by atoms with Crippen molar-refractivity contribution in [1.29, 1.82) is 0 Å². The van der Waals surface area contributed by atoms with Gasteiger partial charge in [0, 0.05) is 0 Å². The lowest BCUT2D eigenvalue weighted by Crippen LogP contribution is -2.24. The molecule has 0 aliphatic rings. The third-order valence-electron chi connectivity index (χ3n) is 2.32. The van der Waals surface area contributed by atoms with Crippen LogP contribution in [-0.4, -0.2) is 17.3 Å². The Morgan fingerprint density at radius 3 is 2.50 bits per heavy atom. The summed E-state index contributed by atoms with van der Waals surface area (Å²) in [6.45, 7) is 4.42. The van der Waals surface area contributed by atoms with Crippen molar-refractivity contribution < 1.29 is 9.84 Å². The molecule has 0 spiro atoms. The van der Waals surface area contributed by atoms with Crippen LogP contribution in [0.3, 0.4) is 0 Å². The Morgan fingerprint density at radius 1 is 1.29 bits per heavy atom. The molecule has 0 bridgehead atoms. The molecule has 0 saturated carbocycles. The van der Waals surface area contributed by atoms with Gasteiger partial charge in [0.05, 0.1) is 18.8 Å². The molecule has 0 aliphatic heterocycles. The molecule has 1 aromatic carbocycles. The molecule has 0 aliphatic carbocycles. The zero-order valence-corrected chi connectivity index (χ0v) is 8.81. The first kappa shape index (κ1) is 11.2. The highest BCUT2D eigenvalue weighted by atomic mass is 16.5. The van der Waals surface area contributed by atoms with E-state index in [1.165, 1.54) is 0 Å². The average Bonchev–Trinajstić information content (AvgIpc) is 2.26. The molecule has 2 heteroatoms. The Hall–Kier alpha value is -0.860. The van der Waals surface area contributed by atoms with Crippen LogP contribution < -0.4 is 0 Å². The van der Waals surface area contributed by atoms with E-state index < -0.39 is 0 Å². The number of ether oxygens (including phenoxy) is 1. The molecular weight excluding hydrogens is 176 g/mol. The van der Waals surface area contributed by atoms with Gasteiger partial charge in [-0.1, -0.05) is 37.3 Å². The maximum atomic E-state index is 9.48. The van der Waals surface area contributed by atoms with E-state index in [1.807, 2.05) is 44.2 Å². The molecule has 0 amide bonds. The Labute approximate surface area is 85.5 Å². The summed E-state index contributed by atoms with van der Waals surface area (Å²) in [7, 11) is 0. The van der Waals surface area contributed by atoms with Crippen molar-refractivity contribution in [2.45, 2.75) is 39.1 Å². The molecule has 0 radical (unpaired) electrons. The largest absolute Gasteiger partial charge is 0.390 e. The third kappa shape index (κ3) is 3.48. The van der Waals surface area contributed by atoms with Crippen LogP contribution in [0.1, 0.15) is 25.8 Å². The van der Waals surface area contributed by atoms with Crippen LogP contribution in [0.25, 0.3) is 0 Å². The first-order valence-electron chi connectivity index (χ1n) is 5.07. The molecule has 0 aromatic heterocycles. The summed E-state index contributed by atoms with van der Waals surface area (Å²) in [6.07, 6.45) is 0.273. The van der Waals surface area contributed by atoms with Crippen LogP contribution in [0.2, 0.25) is 0 Å². The smallest absolute Gasteiger partial charge is 0.0810 e. The van der Waals surface area contributed by atoms with E-state index in [0.717, 1.165) is 12.0 Å². The fraction of sp³-hybridized carbons (Fsp3) is 0.500. The molecule has 1 N–H and O–H groups in total. The predicted molar refractivity (Wildman–Crippen MR) is 57.0 cm³/mol. The van der Waals surface area contributed by atoms with Gasteiger partial charge >= 0.3 is 0 Å². The Morgan fingerprint density at radius 2 is 1.93 bits per heavy atom. The lowest BCUT2D eigenvalue weighted by Gasteiger charge is -2.17. The maximum Gasteiger partial charge on any atom is 0.0810 e. The van der Waals surface area contributed by atoms with Gasteiger partial charge in [-0.15, -0.1) is 0 Å². The van der Waals surface area contributed by atoms with Gasteiger partial charge in [-0.25, -0.2) is 0 Å². The molecule has 1 aromatic rings. The molecule has 2 atom stereocenters. The van der Waals surface area contributed by atoms with Gasteiger partial charge in [0.2, 0.25) is 0 Å². The molecule has 0 fully saturated rings. The maximum absolute atomic E-state index is 9.48. The van der Waals surface area contributed by atoms with Crippen LogP contribution in [0, 0.1) is 0 Å². The van der Waals surface area contributed by atoms with Gasteiger partial charge in [-0.05, 0) is 18.9 Å². The van der Waals surface area contributed by atoms with Crippen LogP contribution in [-0.2, 0) is 11.3 Å². The standard InChI is InChI=1S/C12H18O2/c1-3-12(13)10(2)14-9-11-7-5-4-6-8-11/h4-8,10,12-13H,3,9H2,1-2H3/t10-,12?/m1/s1. The van der Waals surface area contributed by atoms with E-state index in [-0.39, 0.29) is 12.2 Å². The van der Waals surface area contributed by atoms with Crippen LogP contribution >= 0.6 is 0 Å². The van der Waals surface area contributed by atoms with Crippen LogP contribution in [0.15, 0.2) is 30.3 Å². The van der Waals surface area contributed by atoms with Crippen molar-refractivity contribution in [3.63, 3.8) is 0 Å². The van der Waals surface area contributed by atoms with Crippen molar-refractivity contribution in [2.24, 2.45) is 0 Å². The first-order valence-corrected chi connectivity index (χ1v) is 5.07. The van der Waals surface area contributed by atoms with Gasteiger partial charge in [-0.2, -0.15) is 0 Å². The zero-order valence-electron chi connectivity index (χ0n) is 8.81.